The van der Waals surface area contributed by atoms with Crippen LogP contribution in [0.4, 0.5) is 0 Å². The molecule has 0 fully saturated rings. The first kappa shape index (κ1) is 8.54. The molecule has 8 heavy (non-hydrogen) atoms. The van der Waals surface area contributed by atoms with Crippen LogP contribution in [0.5, 0.6) is 0 Å². The highest BCUT2D eigenvalue weighted by Gasteiger charge is 2.16. The summed E-state index contributed by atoms with van der Waals surface area (Å²) in [5.41, 5.74) is 0. The summed E-state index contributed by atoms with van der Waals surface area (Å²) < 4.78 is 0. The summed E-state index contributed by atoms with van der Waals surface area (Å²) in [6, 6.07) is 0. The van der Waals surface area contributed by atoms with Crippen molar-refractivity contribution < 1.29 is 5.11 Å². The lowest BCUT2D eigenvalue weighted by Crippen LogP contribution is -2.24. The molecule has 0 aliphatic carbocycles. The number of aliphatic hydroxyl groups is 1. The fourth-order valence-corrected chi connectivity index (χ4v) is 0.594. The van der Waals surface area contributed by atoms with Crippen LogP contribution in [0.25, 0.3) is 0 Å². The Hall–Kier alpha value is 0.540. The molecule has 0 saturated heterocycles. The van der Waals surface area contributed by atoms with Gasteiger partial charge in [-0.1, -0.05) is 0 Å². The van der Waals surface area contributed by atoms with Crippen LogP contribution in [0.3, 0.4) is 0 Å². The first-order chi connectivity index (χ1) is 3.55. The molecule has 3 heteroatoms. The standard InChI is InChI=1S/C5H10Cl2O/c1-3(6)5(7)4(2)8/h3-5,8H,1-2H3/t3-,4+,5+/m0/s1. The lowest BCUT2D eigenvalue weighted by molar-refractivity contribution is 0.188. The van der Waals surface area contributed by atoms with Crippen LogP contribution >= 0.6 is 23.2 Å². The largest absolute Gasteiger partial charge is 0.392 e. The SMILES string of the molecule is C[C@H](Cl)[C@@H](Cl)[C@@H](C)O. The van der Waals surface area contributed by atoms with Crippen molar-refractivity contribution in [2.24, 2.45) is 0 Å². The quantitative estimate of drug-likeness (QED) is 0.603. The van der Waals surface area contributed by atoms with Crippen molar-refractivity contribution >= 4 is 23.2 Å². The second-order valence-corrected chi connectivity index (χ2v) is 3.05. The maximum atomic E-state index is 8.77. The summed E-state index contributed by atoms with van der Waals surface area (Å²) in [6.07, 6.45) is -0.524. The van der Waals surface area contributed by atoms with Gasteiger partial charge in [0.25, 0.3) is 0 Å². The molecule has 1 nitrogen and oxygen atoms in total. The molecule has 0 unspecified atom stereocenters. The second-order valence-electron chi connectivity index (χ2n) is 1.86. The number of hydrogen-bond acceptors (Lipinski definition) is 1. The van der Waals surface area contributed by atoms with Crippen molar-refractivity contribution in [2.75, 3.05) is 0 Å². The predicted octanol–water partition coefficient (Wildman–Crippen LogP) is 1.60. The zero-order chi connectivity index (χ0) is 6.73. The van der Waals surface area contributed by atoms with E-state index >= 15 is 0 Å². The topological polar surface area (TPSA) is 20.2 Å². The fourth-order valence-electron chi connectivity index (χ4n) is 0.384. The van der Waals surface area contributed by atoms with Gasteiger partial charge in [0.1, 0.15) is 0 Å². The molecular weight excluding hydrogens is 147 g/mol. The molecule has 0 spiro atoms. The minimum atomic E-state index is -0.524. The molecule has 0 aliphatic heterocycles. The Labute approximate surface area is 59.6 Å². The average molecular weight is 157 g/mol. The van der Waals surface area contributed by atoms with E-state index in [0.29, 0.717) is 0 Å². The fraction of sp³-hybridized carbons (Fsp3) is 1.00. The number of hydrogen-bond donors (Lipinski definition) is 1. The molecule has 0 amide bonds. The molecule has 0 heterocycles. The molecule has 0 aromatic carbocycles. The molecule has 0 aromatic heterocycles. The molecule has 0 radical (unpaired) electrons. The van der Waals surface area contributed by atoms with Crippen LogP contribution in [-0.2, 0) is 0 Å². The van der Waals surface area contributed by atoms with Gasteiger partial charge in [0.05, 0.1) is 11.5 Å². The van der Waals surface area contributed by atoms with Crippen molar-refractivity contribution in [3.8, 4) is 0 Å². The van der Waals surface area contributed by atoms with Gasteiger partial charge in [-0.15, -0.1) is 23.2 Å². The lowest BCUT2D eigenvalue weighted by Gasteiger charge is -2.13. The van der Waals surface area contributed by atoms with Gasteiger partial charge in [0.15, 0.2) is 0 Å². The molecule has 0 bridgehead atoms. The van der Waals surface area contributed by atoms with Gasteiger partial charge >= 0.3 is 0 Å². The Bertz CT molecular complexity index is 55.4. The summed E-state index contributed by atoms with van der Waals surface area (Å²) in [5.74, 6) is 0. The summed E-state index contributed by atoms with van der Waals surface area (Å²) in [4.78, 5) is 0. The van der Waals surface area contributed by atoms with Gasteiger partial charge in [-0.2, -0.15) is 0 Å². The van der Waals surface area contributed by atoms with Crippen molar-refractivity contribution in [3.63, 3.8) is 0 Å². The molecular formula is C5H10Cl2O. The molecule has 0 aliphatic rings. The smallest absolute Gasteiger partial charge is 0.0753 e. The van der Waals surface area contributed by atoms with Gasteiger partial charge in [-0.25, -0.2) is 0 Å². The van der Waals surface area contributed by atoms with Gasteiger partial charge in [0.2, 0.25) is 0 Å². The van der Waals surface area contributed by atoms with Crippen molar-refractivity contribution in [3.05, 3.63) is 0 Å². The third-order valence-electron chi connectivity index (χ3n) is 0.900. The van der Waals surface area contributed by atoms with Crippen LogP contribution < -0.4 is 0 Å². The summed E-state index contributed by atoms with van der Waals surface area (Å²) in [7, 11) is 0. The van der Waals surface area contributed by atoms with Crippen molar-refractivity contribution in [1.29, 1.82) is 0 Å². The number of rotatable bonds is 2. The number of alkyl halides is 2. The van der Waals surface area contributed by atoms with E-state index in [1.165, 1.54) is 0 Å². The predicted molar refractivity (Wildman–Crippen MR) is 36.6 cm³/mol. The first-order valence-corrected chi connectivity index (χ1v) is 3.39. The minimum Gasteiger partial charge on any atom is -0.392 e. The maximum Gasteiger partial charge on any atom is 0.0753 e. The van der Waals surface area contributed by atoms with Crippen LogP contribution in [0, 0.1) is 0 Å². The van der Waals surface area contributed by atoms with E-state index in [0.717, 1.165) is 0 Å². The third kappa shape index (κ3) is 2.75. The minimum absolute atomic E-state index is 0.170. The third-order valence-corrected chi connectivity index (χ3v) is 2.04. The number of halogens is 2. The Kier molecular flexibility index (Phi) is 3.78. The zero-order valence-electron chi connectivity index (χ0n) is 4.94. The highest BCUT2D eigenvalue weighted by atomic mass is 35.5. The van der Waals surface area contributed by atoms with E-state index in [9.17, 15) is 0 Å². The van der Waals surface area contributed by atoms with E-state index in [2.05, 4.69) is 0 Å². The molecule has 0 rings (SSSR count). The molecule has 1 N–H and O–H groups in total. The molecule has 50 valence electrons. The monoisotopic (exact) mass is 156 g/mol. The zero-order valence-corrected chi connectivity index (χ0v) is 6.45. The van der Waals surface area contributed by atoms with E-state index in [-0.39, 0.29) is 10.8 Å². The van der Waals surface area contributed by atoms with Crippen molar-refractivity contribution in [2.45, 2.75) is 30.7 Å². The highest BCUT2D eigenvalue weighted by Crippen LogP contribution is 2.12. The van der Waals surface area contributed by atoms with Gasteiger partial charge < -0.3 is 5.11 Å². The molecule has 0 aromatic rings. The van der Waals surface area contributed by atoms with Crippen LogP contribution in [0.1, 0.15) is 13.8 Å². The van der Waals surface area contributed by atoms with Crippen LogP contribution in [-0.4, -0.2) is 22.0 Å². The normalized spacial score (nSPS) is 22.1. The second kappa shape index (κ2) is 3.54. The van der Waals surface area contributed by atoms with E-state index in [1.54, 1.807) is 13.8 Å². The Morgan fingerprint density at radius 3 is 1.62 bits per heavy atom. The lowest BCUT2D eigenvalue weighted by atomic mass is 10.2. The Morgan fingerprint density at radius 2 is 1.62 bits per heavy atom. The summed E-state index contributed by atoms with van der Waals surface area (Å²) >= 11 is 11.1. The van der Waals surface area contributed by atoms with E-state index in [1.807, 2.05) is 0 Å². The molecule has 0 saturated carbocycles. The first-order valence-electron chi connectivity index (χ1n) is 2.52. The summed E-state index contributed by atoms with van der Waals surface area (Å²) in [5, 5.41) is 8.27. The maximum absolute atomic E-state index is 8.77. The highest BCUT2D eigenvalue weighted by molar-refractivity contribution is 6.30. The average Bonchev–Trinajstić information content (AvgIpc) is 1.64. The van der Waals surface area contributed by atoms with Gasteiger partial charge in [0, 0.05) is 5.38 Å². The summed E-state index contributed by atoms with van der Waals surface area (Å²) in [6.45, 7) is 3.38. The van der Waals surface area contributed by atoms with Crippen LogP contribution in [0.15, 0.2) is 0 Å². The Balaban J connectivity index is 3.46. The van der Waals surface area contributed by atoms with Crippen molar-refractivity contribution in [1.82, 2.24) is 0 Å². The molecule has 3 atom stereocenters. The van der Waals surface area contributed by atoms with Gasteiger partial charge in [-0.05, 0) is 13.8 Å². The van der Waals surface area contributed by atoms with Gasteiger partial charge in [-0.3, -0.25) is 0 Å². The number of aliphatic hydroxyl groups excluding tert-OH is 1. The van der Waals surface area contributed by atoms with E-state index in [4.69, 9.17) is 28.3 Å². The van der Waals surface area contributed by atoms with E-state index < -0.39 is 6.10 Å². The Morgan fingerprint density at radius 1 is 1.25 bits per heavy atom. The van der Waals surface area contributed by atoms with Crippen LogP contribution in [0.2, 0.25) is 0 Å².